The number of carbonyl (C=O) groups is 1. The van der Waals surface area contributed by atoms with Crippen LogP contribution in [-0.2, 0) is 17.8 Å². The summed E-state index contributed by atoms with van der Waals surface area (Å²) in [5, 5.41) is 12.5. The molecule has 0 saturated heterocycles. The molecule has 0 spiro atoms. The molecule has 0 amide bonds. The van der Waals surface area contributed by atoms with Gasteiger partial charge in [0.25, 0.3) is 0 Å². The van der Waals surface area contributed by atoms with Gasteiger partial charge in [0.1, 0.15) is 11.5 Å². The first-order valence-electron chi connectivity index (χ1n) is 10.0. The molecule has 2 N–H and O–H groups in total. The summed E-state index contributed by atoms with van der Waals surface area (Å²) in [6, 6.07) is 24.3. The zero-order valence-electron chi connectivity index (χ0n) is 16.5. The van der Waals surface area contributed by atoms with Gasteiger partial charge in [0.15, 0.2) is 0 Å². The van der Waals surface area contributed by atoms with Gasteiger partial charge in [-0.15, -0.1) is 0 Å². The first-order valence-corrected chi connectivity index (χ1v) is 10.0. The Labute approximate surface area is 171 Å². The molecule has 1 fully saturated rings. The number of hydrogen-bond acceptors (Lipinski definition) is 3. The minimum Gasteiger partial charge on any atom is -0.481 e. The summed E-state index contributed by atoms with van der Waals surface area (Å²) in [7, 11) is 0. The smallest absolute Gasteiger partial charge is 0.307 e. The van der Waals surface area contributed by atoms with E-state index in [0.29, 0.717) is 6.54 Å². The van der Waals surface area contributed by atoms with Gasteiger partial charge in [-0.25, -0.2) is 0 Å². The second-order valence-electron chi connectivity index (χ2n) is 7.51. The molecule has 0 radical (unpaired) electrons. The van der Waals surface area contributed by atoms with Crippen molar-refractivity contribution in [2.24, 2.45) is 5.92 Å². The summed E-state index contributed by atoms with van der Waals surface area (Å²) >= 11 is 0. The SMILES string of the molecule is CCc1ccc(Oc2cccc(CNc3ccc(C4C[C@@H]4C(=O)O)cc3)c2)cc1. The van der Waals surface area contributed by atoms with Crippen LogP contribution in [0.2, 0.25) is 0 Å². The van der Waals surface area contributed by atoms with Gasteiger partial charge in [-0.1, -0.05) is 43.3 Å². The van der Waals surface area contributed by atoms with Crippen molar-refractivity contribution in [3.8, 4) is 11.5 Å². The van der Waals surface area contributed by atoms with Gasteiger partial charge >= 0.3 is 5.97 Å². The Balaban J connectivity index is 1.34. The van der Waals surface area contributed by atoms with Crippen LogP contribution in [0.1, 0.15) is 36.0 Å². The molecule has 0 aliphatic heterocycles. The first-order chi connectivity index (χ1) is 14.1. The number of ether oxygens (including phenoxy) is 1. The summed E-state index contributed by atoms with van der Waals surface area (Å²) in [4.78, 5) is 11.0. The highest BCUT2D eigenvalue weighted by Gasteiger charge is 2.43. The lowest BCUT2D eigenvalue weighted by molar-refractivity contribution is -0.138. The largest absolute Gasteiger partial charge is 0.481 e. The lowest BCUT2D eigenvalue weighted by Crippen LogP contribution is -2.00. The molecular formula is C25H25NO3. The minimum atomic E-state index is -0.694. The zero-order valence-corrected chi connectivity index (χ0v) is 16.5. The Morgan fingerprint density at radius 1 is 1.00 bits per heavy atom. The van der Waals surface area contributed by atoms with Gasteiger partial charge in [0.05, 0.1) is 5.92 Å². The molecule has 1 aliphatic carbocycles. The molecule has 4 rings (SSSR count). The minimum absolute atomic E-state index is 0.168. The summed E-state index contributed by atoms with van der Waals surface area (Å²) in [6.45, 7) is 2.82. The Bertz CT molecular complexity index is 980. The Morgan fingerprint density at radius 3 is 2.41 bits per heavy atom. The van der Waals surface area contributed by atoms with Crippen molar-refractivity contribution in [2.45, 2.75) is 32.2 Å². The van der Waals surface area contributed by atoms with Crippen molar-refractivity contribution in [3.63, 3.8) is 0 Å². The Hall–Kier alpha value is -3.27. The highest BCUT2D eigenvalue weighted by molar-refractivity contribution is 5.75. The third-order valence-corrected chi connectivity index (χ3v) is 5.41. The van der Waals surface area contributed by atoms with Crippen LogP contribution in [0, 0.1) is 5.92 Å². The normalized spacial score (nSPS) is 17.6. The first kappa shape index (κ1) is 19.1. The number of hydrogen-bond donors (Lipinski definition) is 2. The van der Waals surface area contributed by atoms with Crippen LogP contribution >= 0.6 is 0 Å². The number of rotatable bonds is 8. The van der Waals surface area contributed by atoms with Crippen LogP contribution in [0.15, 0.2) is 72.8 Å². The van der Waals surface area contributed by atoms with Gasteiger partial charge in [-0.05, 0) is 71.8 Å². The van der Waals surface area contributed by atoms with Crippen molar-refractivity contribution in [2.75, 3.05) is 5.32 Å². The Morgan fingerprint density at radius 2 is 1.76 bits per heavy atom. The number of aliphatic carboxylic acids is 1. The number of benzene rings is 3. The van der Waals surface area contributed by atoms with Gasteiger partial charge in [-0.2, -0.15) is 0 Å². The van der Waals surface area contributed by atoms with Crippen molar-refractivity contribution < 1.29 is 14.6 Å². The second kappa shape index (κ2) is 8.39. The van der Waals surface area contributed by atoms with E-state index in [1.54, 1.807) is 0 Å². The number of anilines is 1. The Kier molecular flexibility index (Phi) is 5.52. The predicted octanol–water partition coefficient (Wildman–Crippen LogP) is 5.84. The van der Waals surface area contributed by atoms with Gasteiger partial charge in [0, 0.05) is 12.2 Å². The molecule has 3 aromatic carbocycles. The molecule has 0 aromatic heterocycles. The molecule has 0 heterocycles. The summed E-state index contributed by atoms with van der Waals surface area (Å²) in [5.41, 5.74) is 4.54. The van der Waals surface area contributed by atoms with Gasteiger partial charge < -0.3 is 15.2 Å². The fourth-order valence-electron chi connectivity index (χ4n) is 3.54. The van der Waals surface area contributed by atoms with Crippen molar-refractivity contribution in [1.29, 1.82) is 0 Å². The molecule has 1 aliphatic rings. The average Bonchev–Trinajstić information content (AvgIpc) is 3.55. The zero-order chi connectivity index (χ0) is 20.2. The van der Waals surface area contributed by atoms with E-state index in [1.165, 1.54) is 5.56 Å². The van der Waals surface area contributed by atoms with Crippen molar-refractivity contribution in [3.05, 3.63) is 89.5 Å². The van der Waals surface area contributed by atoms with Crippen LogP contribution < -0.4 is 10.1 Å². The van der Waals surface area contributed by atoms with E-state index >= 15 is 0 Å². The van der Waals surface area contributed by atoms with E-state index < -0.39 is 5.97 Å². The molecular weight excluding hydrogens is 362 g/mol. The molecule has 3 aromatic rings. The summed E-state index contributed by atoms with van der Waals surface area (Å²) < 4.78 is 5.97. The van der Waals surface area contributed by atoms with Crippen LogP contribution in [-0.4, -0.2) is 11.1 Å². The number of aryl methyl sites for hydroxylation is 1. The molecule has 148 valence electrons. The van der Waals surface area contributed by atoms with Crippen LogP contribution in [0.25, 0.3) is 0 Å². The third kappa shape index (κ3) is 4.77. The molecule has 0 bridgehead atoms. The number of nitrogens with one attached hydrogen (secondary N) is 1. The quantitative estimate of drug-likeness (QED) is 0.510. The monoisotopic (exact) mass is 387 g/mol. The van der Waals surface area contributed by atoms with Crippen molar-refractivity contribution in [1.82, 2.24) is 0 Å². The summed E-state index contributed by atoms with van der Waals surface area (Å²) in [5.74, 6) is 0.914. The summed E-state index contributed by atoms with van der Waals surface area (Å²) in [6.07, 6.45) is 1.76. The van der Waals surface area contributed by atoms with Crippen LogP contribution in [0.4, 0.5) is 5.69 Å². The van der Waals surface area contributed by atoms with Gasteiger partial charge in [-0.3, -0.25) is 4.79 Å². The molecule has 2 atom stereocenters. The maximum absolute atomic E-state index is 11.0. The van der Waals surface area contributed by atoms with E-state index in [2.05, 4.69) is 30.4 Å². The lowest BCUT2D eigenvalue weighted by Gasteiger charge is -2.10. The highest BCUT2D eigenvalue weighted by atomic mass is 16.5. The van der Waals surface area contributed by atoms with Gasteiger partial charge in [0.2, 0.25) is 0 Å². The van der Waals surface area contributed by atoms with Crippen molar-refractivity contribution >= 4 is 11.7 Å². The second-order valence-corrected chi connectivity index (χ2v) is 7.51. The van der Waals surface area contributed by atoms with E-state index in [-0.39, 0.29) is 11.8 Å². The fourth-order valence-corrected chi connectivity index (χ4v) is 3.54. The van der Waals surface area contributed by atoms with E-state index in [0.717, 1.165) is 41.2 Å². The van der Waals surface area contributed by atoms with Crippen LogP contribution in [0.5, 0.6) is 11.5 Å². The van der Waals surface area contributed by atoms with E-state index in [9.17, 15) is 4.79 Å². The van der Waals surface area contributed by atoms with E-state index in [1.807, 2.05) is 54.6 Å². The third-order valence-electron chi connectivity index (χ3n) is 5.41. The fraction of sp³-hybridized carbons (Fsp3) is 0.240. The molecule has 4 heteroatoms. The number of carboxylic acid groups (broad SMARTS) is 1. The van der Waals surface area contributed by atoms with Crippen LogP contribution in [0.3, 0.4) is 0 Å². The average molecular weight is 387 g/mol. The lowest BCUT2D eigenvalue weighted by atomic mass is 10.1. The molecule has 1 saturated carbocycles. The standard InChI is InChI=1S/C25H25NO3/c1-2-17-6-12-21(13-7-17)29-22-5-3-4-18(14-22)16-26-20-10-8-19(9-11-20)23-15-24(23)25(27)28/h3-14,23-24,26H,2,15-16H2,1H3,(H,27,28)/t23?,24-/m0/s1. The molecule has 1 unspecified atom stereocenters. The predicted molar refractivity (Wildman–Crippen MR) is 115 cm³/mol. The maximum Gasteiger partial charge on any atom is 0.307 e. The highest BCUT2D eigenvalue weighted by Crippen LogP contribution is 2.47. The molecule has 29 heavy (non-hydrogen) atoms. The maximum atomic E-state index is 11.0. The topological polar surface area (TPSA) is 58.6 Å². The van der Waals surface area contributed by atoms with E-state index in [4.69, 9.17) is 9.84 Å². The number of carboxylic acids is 1. The molecule has 4 nitrogen and oxygen atoms in total.